The van der Waals surface area contributed by atoms with E-state index in [0.717, 1.165) is 18.7 Å². The first kappa shape index (κ1) is 39.5. The molecule has 13 heteroatoms. The summed E-state index contributed by atoms with van der Waals surface area (Å²) < 4.78 is 67.8. The van der Waals surface area contributed by atoms with Crippen LogP contribution in [0.1, 0.15) is 60.1 Å². The minimum Gasteiger partial charge on any atom is -0.490 e. The number of nitrogens with two attached hydrogens (primary N) is 1. The lowest BCUT2D eigenvalue weighted by molar-refractivity contribution is 0.0944. The number of aromatic nitrogens is 1. The van der Waals surface area contributed by atoms with Crippen molar-refractivity contribution >= 4 is 30.3 Å². The number of aliphatic hydroxyl groups is 1. The second-order valence-electron chi connectivity index (χ2n) is 10.8. The highest BCUT2D eigenvalue weighted by Crippen LogP contribution is 2.52. The largest absolute Gasteiger partial charge is 0.490 e. The summed E-state index contributed by atoms with van der Waals surface area (Å²) in [4.78, 5) is 17.7. The minimum absolute atomic E-state index is 0.0571. The van der Waals surface area contributed by atoms with E-state index in [0.29, 0.717) is 40.1 Å². The van der Waals surface area contributed by atoms with Gasteiger partial charge in [-0.05, 0) is 61.5 Å². The third kappa shape index (κ3) is 9.90. The van der Waals surface area contributed by atoms with Crippen molar-refractivity contribution in [2.45, 2.75) is 50.5 Å². The molecule has 3 aromatic rings. The summed E-state index contributed by atoms with van der Waals surface area (Å²) >= 11 is 5.95. The molecule has 1 fully saturated rings. The summed E-state index contributed by atoms with van der Waals surface area (Å²) in [6, 6.07) is 8.35. The SMILES string of the molecule is C=c1ccc(C(=O)NCC(c2cc3c(c(-c4cc(Cl)c(F)cc4F)n2)OCC3C)C2(F)CC2)c/c1=C/NC(C)F.CN.CO.COC. The summed E-state index contributed by atoms with van der Waals surface area (Å²) in [5.74, 6) is -2.80. The van der Waals surface area contributed by atoms with Crippen LogP contribution in [0.2, 0.25) is 5.02 Å². The number of pyridine rings is 1. The lowest BCUT2D eigenvalue weighted by Gasteiger charge is -2.23. The van der Waals surface area contributed by atoms with Crippen LogP contribution in [0.5, 0.6) is 5.75 Å². The molecule has 47 heavy (non-hydrogen) atoms. The predicted octanol–water partition coefficient (Wildman–Crippen LogP) is 4.69. The number of fused-ring (bicyclic) bond motifs is 1. The molecule has 0 bridgehead atoms. The fraction of sp³-hybridized carbons (Fsp3) is 0.412. The maximum atomic E-state index is 15.8. The Morgan fingerprint density at radius 2 is 1.85 bits per heavy atom. The standard InChI is InChI=1S/C30H28ClF4N3O2.C2H6O.CH5N.CH4O/c1-15-4-5-18(8-19(15)12-36-17(3)32)29(39)37-13-22(30(35)6-7-30)26-10-20-16(2)14-40-28(20)27(38-26)21-9-23(31)25(34)11-24(21)33;1-3-2;2*1-2/h4-5,8-12,16-17,22,36H,1,6-7,13-14H2,2-3H3,(H,37,39);1-2H3;2H2,1H3;2H,1H3/b19-12-;;;. The lowest BCUT2D eigenvalue weighted by Crippen LogP contribution is -2.35. The molecule has 1 aromatic heterocycles. The van der Waals surface area contributed by atoms with Gasteiger partial charge in [0.1, 0.15) is 28.7 Å². The van der Waals surface area contributed by atoms with E-state index in [1.54, 1.807) is 38.5 Å². The third-order valence-electron chi connectivity index (χ3n) is 7.35. The van der Waals surface area contributed by atoms with Crippen LogP contribution in [0.4, 0.5) is 17.6 Å². The van der Waals surface area contributed by atoms with Gasteiger partial charge in [0.2, 0.25) is 0 Å². The van der Waals surface area contributed by atoms with E-state index in [4.69, 9.17) is 21.4 Å². The molecule has 3 unspecified atom stereocenters. The highest BCUT2D eigenvalue weighted by Gasteiger charge is 2.52. The molecule has 0 spiro atoms. The number of aliphatic hydroxyl groups excluding tert-OH is 1. The molecular weight excluding hydrogens is 640 g/mol. The molecule has 0 saturated heterocycles. The number of ether oxygens (including phenoxy) is 2. The summed E-state index contributed by atoms with van der Waals surface area (Å²) in [7, 11) is 5.75. The predicted molar refractivity (Wildman–Crippen MR) is 177 cm³/mol. The number of carbonyl (C=O) groups is 1. The van der Waals surface area contributed by atoms with Crippen molar-refractivity contribution in [3.63, 3.8) is 0 Å². The van der Waals surface area contributed by atoms with E-state index in [1.807, 2.05) is 6.92 Å². The van der Waals surface area contributed by atoms with Crippen LogP contribution in [0, 0.1) is 11.6 Å². The fourth-order valence-electron chi connectivity index (χ4n) is 4.85. The van der Waals surface area contributed by atoms with Crippen molar-refractivity contribution in [3.05, 3.63) is 80.3 Å². The first-order valence-electron chi connectivity index (χ1n) is 14.8. The Kier molecular flexibility index (Phi) is 15.1. The number of nitrogens with zero attached hydrogens (tertiary/aromatic N) is 1. The van der Waals surface area contributed by atoms with Crippen LogP contribution in [-0.4, -0.2) is 69.5 Å². The molecule has 8 nitrogen and oxygen atoms in total. The number of amides is 1. The summed E-state index contributed by atoms with van der Waals surface area (Å²) in [6.07, 6.45) is 0.724. The van der Waals surface area contributed by atoms with Gasteiger partial charge in [0.05, 0.1) is 17.5 Å². The molecule has 1 aliphatic heterocycles. The third-order valence-corrected chi connectivity index (χ3v) is 7.64. The second-order valence-corrected chi connectivity index (χ2v) is 11.2. The Bertz CT molecular complexity index is 1620. The summed E-state index contributed by atoms with van der Waals surface area (Å²) in [5.41, 5.74) is 4.29. The molecule has 3 atom stereocenters. The zero-order chi connectivity index (χ0) is 35.5. The van der Waals surface area contributed by atoms with Crippen molar-refractivity contribution in [3.8, 4) is 17.0 Å². The van der Waals surface area contributed by atoms with E-state index in [2.05, 4.69) is 32.7 Å². The zero-order valence-corrected chi connectivity index (χ0v) is 28.2. The molecule has 5 N–H and O–H groups in total. The van der Waals surface area contributed by atoms with Gasteiger partial charge in [0, 0.05) is 68.4 Å². The Hall–Kier alpha value is -3.71. The quantitative estimate of drug-likeness (QED) is 0.155. The molecule has 1 amide bonds. The number of benzene rings is 2. The van der Waals surface area contributed by atoms with Crippen LogP contribution in [0.15, 0.2) is 36.4 Å². The van der Waals surface area contributed by atoms with Crippen LogP contribution < -0.4 is 31.5 Å². The van der Waals surface area contributed by atoms with Crippen LogP contribution >= 0.6 is 11.6 Å². The van der Waals surface area contributed by atoms with Gasteiger partial charge in [-0.2, -0.15) is 0 Å². The van der Waals surface area contributed by atoms with Gasteiger partial charge in [-0.1, -0.05) is 31.2 Å². The number of rotatable bonds is 8. The first-order chi connectivity index (χ1) is 22.4. The van der Waals surface area contributed by atoms with Crippen molar-refractivity contribution in [2.24, 2.45) is 5.73 Å². The molecule has 258 valence electrons. The maximum Gasteiger partial charge on any atom is 0.251 e. The van der Waals surface area contributed by atoms with Crippen molar-refractivity contribution in [1.82, 2.24) is 15.6 Å². The Morgan fingerprint density at radius 1 is 1.21 bits per heavy atom. The first-order valence-corrected chi connectivity index (χ1v) is 15.2. The smallest absolute Gasteiger partial charge is 0.251 e. The van der Waals surface area contributed by atoms with Crippen molar-refractivity contribution in [1.29, 1.82) is 0 Å². The van der Waals surface area contributed by atoms with E-state index < -0.39 is 35.4 Å². The molecule has 2 heterocycles. The normalized spacial score (nSPS) is 16.8. The summed E-state index contributed by atoms with van der Waals surface area (Å²) in [6.45, 7) is 7.40. The molecule has 2 aromatic carbocycles. The number of hydrogen-bond acceptors (Lipinski definition) is 7. The molecule has 5 rings (SSSR count). The zero-order valence-electron chi connectivity index (χ0n) is 27.4. The van der Waals surface area contributed by atoms with Crippen LogP contribution in [0.3, 0.4) is 0 Å². The Morgan fingerprint density at radius 3 is 2.45 bits per heavy atom. The number of nitrogens with one attached hydrogen (secondary N) is 2. The molecule has 2 aliphatic rings. The monoisotopic (exact) mass is 682 g/mol. The second kappa shape index (κ2) is 18.0. The highest BCUT2D eigenvalue weighted by molar-refractivity contribution is 6.31. The highest BCUT2D eigenvalue weighted by atomic mass is 35.5. The number of carbonyl (C=O) groups excluding carboxylic acids is 1. The van der Waals surface area contributed by atoms with Gasteiger partial charge >= 0.3 is 0 Å². The Labute approximate surface area is 277 Å². The number of alkyl halides is 2. The van der Waals surface area contributed by atoms with Gasteiger partial charge < -0.3 is 30.9 Å². The Balaban J connectivity index is 0.00000102. The topological polar surface area (TPSA) is 119 Å². The van der Waals surface area contributed by atoms with E-state index in [9.17, 15) is 18.0 Å². The number of hydrogen-bond donors (Lipinski definition) is 4. The molecule has 0 radical (unpaired) electrons. The van der Waals surface area contributed by atoms with Crippen LogP contribution in [-0.2, 0) is 4.74 Å². The van der Waals surface area contributed by atoms with Crippen molar-refractivity contribution in [2.75, 3.05) is 41.5 Å². The minimum atomic E-state index is -1.61. The van der Waals surface area contributed by atoms with E-state index >= 15 is 4.39 Å². The fourth-order valence-corrected chi connectivity index (χ4v) is 5.01. The summed E-state index contributed by atoms with van der Waals surface area (Å²) in [5, 5.41) is 13.2. The van der Waals surface area contributed by atoms with Gasteiger partial charge in [-0.25, -0.2) is 22.5 Å². The lowest BCUT2D eigenvalue weighted by atomic mass is 9.92. The van der Waals surface area contributed by atoms with E-state index in [1.165, 1.54) is 20.2 Å². The average Bonchev–Trinajstić information content (AvgIpc) is 3.69. The van der Waals surface area contributed by atoms with Gasteiger partial charge in [-0.3, -0.25) is 4.79 Å². The van der Waals surface area contributed by atoms with Crippen molar-refractivity contribution < 1.29 is 36.9 Å². The van der Waals surface area contributed by atoms with Gasteiger partial charge in [0.15, 0.2) is 6.30 Å². The molecule has 1 aliphatic carbocycles. The van der Waals surface area contributed by atoms with Gasteiger partial charge in [-0.15, -0.1) is 0 Å². The average molecular weight is 683 g/mol. The van der Waals surface area contributed by atoms with E-state index in [-0.39, 0.29) is 41.6 Å². The number of methoxy groups -OCH3 is 1. The number of halogens is 5. The molecular formula is C34H43ClF4N4O4. The van der Waals surface area contributed by atoms with Crippen LogP contribution in [0.25, 0.3) is 24.0 Å². The van der Waals surface area contributed by atoms with Gasteiger partial charge in [0.25, 0.3) is 5.91 Å². The maximum absolute atomic E-state index is 15.8. The molecule has 1 saturated carbocycles.